The highest BCUT2D eigenvalue weighted by Gasteiger charge is 2.16. The fraction of sp³-hybridized carbons (Fsp3) is 0.450. The lowest BCUT2D eigenvalue weighted by molar-refractivity contribution is -0.130. The molecule has 27 heavy (non-hydrogen) atoms. The van der Waals surface area contributed by atoms with Crippen molar-refractivity contribution in [3.05, 3.63) is 58.4 Å². The highest BCUT2D eigenvalue weighted by atomic mass is 16.4. The quantitative estimate of drug-likeness (QED) is 0.755. The number of nitrogens with one attached hydrogen (secondary N) is 1. The van der Waals surface area contributed by atoms with Gasteiger partial charge in [0.25, 0.3) is 11.5 Å². The van der Waals surface area contributed by atoms with E-state index in [1.54, 1.807) is 30.5 Å². The van der Waals surface area contributed by atoms with Crippen molar-refractivity contribution in [2.24, 2.45) is 0 Å². The first-order valence-corrected chi connectivity index (χ1v) is 9.43. The molecule has 144 valence electrons. The smallest absolute Gasteiger partial charge is 0.286 e. The molecule has 1 aliphatic heterocycles. The van der Waals surface area contributed by atoms with Crippen LogP contribution in [0.4, 0.5) is 0 Å². The van der Waals surface area contributed by atoms with Crippen LogP contribution in [-0.2, 0) is 11.3 Å². The highest BCUT2D eigenvalue weighted by Crippen LogP contribution is 2.11. The van der Waals surface area contributed by atoms with E-state index in [-0.39, 0.29) is 29.7 Å². The molecule has 0 aliphatic carbocycles. The second-order valence-electron chi connectivity index (χ2n) is 6.73. The zero-order valence-electron chi connectivity index (χ0n) is 15.4. The van der Waals surface area contributed by atoms with Crippen LogP contribution in [0, 0.1) is 0 Å². The Kier molecular flexibility index (Phi) is 6.46. The van der Waals surface area contributed by atoms with E-state index in [1.165, 1.54) is 10.6 Å². The van der Waals surface area contributed by atoms with Crippen LogP contribution < -0.4 is 10.9 Å². The average Bonchev–Trinajstić information content (AvgIpc) is 3.03. The van der Waals surface area contributed by atoms with Gasteiger partial charge in [0.2, 0.25) is 5.91 Å². The van der Waals surface area contributed by atoms with Gasteiger partial charge >= 0.3 is 0 Å². The van der Waals surface area contributed by atoms with Gasteiger partial charge in [0.05, 0.1) is 6.54 Å². The Morgan fingerprint density at radius 3 is 2.85 bits per heavy atom. The number of aromatic nitrogens is 1. The minimum Gasteiger partial charge on any atom is -0.454 e. The van der Waals surface area contributed by atoms with E-state index in [0.29, 0.717) is 31.7 Å². The first-order chi connectivity index (χ1) is 13.1. The zero-order valence-corrected chi connectivity index (χ0v) is 15.4. The summed E-state index contributed by atoms with van der Waals surface area (Å²) >= 11 is 0. The number of carbonyl (C=O) groups excluding carboxylic acids is 2. The molecule has 0 bridgehead atoms. The molecule has 2 aromatic heterocycles. The molecule has 7 nitrogen and oxygen atoms in total. The molecule has 0 aromatic carbocycles. The molecule has 3 rings (SSSR count). The SMILES string of the molecule is O=C(NCCCN1CCCCCC1=O)c1ccc(Cn2ccccc2=O)o1. The second kappa shape index (κ2) is 9.21. The molecule has 1 saturated heterocycles. The highest BCUT2D eigenvalue weighted by molar-refractivity contribution is 5.91. The standard InChI is InChI=1S/C20H25N3O4/c24-18-7-2-1-4-12-22(18)14-6-11-21-20(26)17-10-9-16(27-17)15-23-13-5-3-8-19(23)25/h3,5,8-10,13H,1-2,4,6-7,11-12,14-15H2,(H,21,26). The number of pyridine rings is 1. The molecule has 3 heterocycles. The predicted molar refractivity (Wildman–Crippen MR) is 101 cm³/mol. The Morgan fingerprint density at radius 2 is 2.00 bits per heavy atom. The Morgan fingerprint density at radius 1 is 1.11 bits per heavy atom. The molecular formula is C20H25N3O4. The number of likely N-dealkylation sites (tertiary alicyclic amines) is 1. The fourth-order valence-corrected chi connectivity index (χ4v) is 3.18. The Balaban J connectivity index is 1.45. The van der Waals surface area contributed by atoms with Crippen LogP contribution in [-0.4, -0.2) is 40.9 Å². The van der Waals surface area contributed by atoms with Gasteiger partial charge in [0, 0.05) is 38.3 Å². The van der Waals surface area contributed by atoms with Gasteiger partial charge in [-0.25, -0.2) is 0 Å². The first-order valence-electron chi connectivity index (χ1n) is 9.43. The Labute approximate surface area is 158 Å². The molecule has 1 aliphatic rings. The van der Waals surface area contributed by atoms with E-state index in [9.17, 15) is 14.4 Å². The molecule has 0 unspecified atom stereocenters. The fourth-order valence-electron chi connectivity index (χ4n) is 3.18. The van der Waals surface area contributed by atoms with Crippen molar-refractivity contribution in [2.75, 3.05) is 19.6 Å². The lowest BCUT2D eigenvalue weighted by Crippen LogP contribution is -2.33. The summed E-state index contributed by atoms with van der Waals surface area (Å²) < 4.78 is 7.06. The van der Waals surface area contributed by atoms with Gasteiger partial charge in [0.1, 0.15) is 5.76 Å². The number of hydrogen-bond acceptors (Lipinski definition) is 4. The largest absolute Gasteiger partial charge is 0.454 e. The van der Waals surface area contributed by atoms with Crippen molar-refractivity contribution in [3.63, 3.8) is 0 Å². The zero-order chi connectivity index (χ0) is 19.1. The normalized spacial score (nSPS) is 14.8. The van der Waals surface area contributed by atoms with Gasteiger partial charge in [0.15, 0.2) is 5.76 Å². The molecule has 1 N–H and O–H groups in total. The van der Waals surface area contributed by atoms with Crippen LogP contribution in [0.2, 0.25) is 0 Å². The molecule has 0 saturated carbocycles. The average molecular weight is 371 g/mol. The molecular weight excluding hydrogens is 346 g/mol. The summed E-state index contributed by atoms with van der Waals surface area (Å²) in [5.41, 5.74) is -0.122. The minimum absolute atomic E-state index is 0.122. The van der Waals surface area contributed by atoms with Crippen LogP contribution in [0.1, 0.15) is 48.4 Å². The number of hydrogen-bond donors (Lipinski definition) is 1. The van der Waals surface area contributed by atoms with Crippen molar-refractivity contribution < 1.29 is 14.0 Å². The predicted octanol–water partition coefficient (Wildman–Crippen LogP) is 2.01. The van der Waals surface area contributed by atoms with Crippen molar-refractivity contribution in [3.8, 4) is 0 Å². The Hall–Kier alpha value is -2.83. The van der Waals surface area contributed by atoms with E-state index in [0.717, 1.165) is 25.8 Å². The van der Waals surface area contributed by atoms with Crippen LogP contribution >= 0.6 is 0 Å². The van der Waals surface area contributed by atoms with Crippen LogP contribution in [0.5, 0.6) is 0 Å². The number of rotatable bonds is 7. The number of amides is 2. The third kappa shape index (κ3) is 5.32. The maximum Gasteiger partial charge on any atom is 0.286 e. The summed E-state index contributed by atoms with van der Waals surface area (Å²) in [6, 6.07) is 8.24. The molecule has 1 fully saturated rings. The van der Waals surface area contributed by atoms with E-state index in [4.69, 9.17) is 4.42 Å². The van der Waals surface area contributed by atoms with Crippen molar-refractivity contribution >= 4 is 11.8 Å². The third-order valence-corrected chi connectivity index (χ3v) is 4.67. The van der Waals surface area contributed by atoms with Gasteiger partial charge in [-0.15, -0.1) is 0 Å². The molecule has 0 atom stereocenters. The molecule has 2 amide bonds. The van der Waals surface area contributed by atoms with Gasteiger partial charge in [-0.3, -0.25) is 14.4 Å². The minimum atomic E-state index is -0.288. The lowest BCUT2D eigenvalue weighted by atomic mass is 10.2. The van der Waals surface area contributed by atoms with Crippen molar-refractivity contribution in [1.82, 2.24) is 14.8 Å². The number of nitrogens with zero attached hydrogens (tertiary/aromatic N) is 2. The summed E-state index contributed by atoms with van der Waals surface area (Å²) in [5, 5.41) is 2.82. The maximum atomic E-state index is 12.2. The number of carbonyl (C=O) groups is 2. The van der Waals surface area contributed by atoms with E-state index in [2.05, 4.69) is 5.32 Å². The molecule has 7 heteroatoms. The van der Waals surface area contributed by atoms with Gasteiger partial charge in [-0.05, 0) is 37.5 Å². The summed E-state index contributed by atoms with van der Waals surface area (Å²) in [7, 11) is 0. The lowest BCUT2D eigenvalue weighted by Gasteiger charge is -2.20. The molecule has 0 radical (unpaired) electrons. The summed E-state index contributed by atoms with van der Waals surface area (Å²) in [6.45, 7) is 2.24. The van der Waals surface area contributed by atoms with Crippen LogP contribution in [0.25, 0.3) is 0 Å². The summed E-state index contributed by atoms with van der Waals surface area (Å²) in [4.78, 5) is 37.8. The van der Waals surface area contributed by atoms with Crippen LogP contribution in [0.3, 0.4) is 0 Å². The van der Waals surface area contributed by atoms with Gasteiger partial charge < -0.3 is 19.2 Å². The Bertz CT molecular complexity index is 840. The monoisotopic (exact) mass is 371 g/mol. The molecule has 0 spiro atoms. The van der Waals surface area contributed by atoms with Crippen LogP contribution in [0.15, 0.2) is 45.7 Å². The summed E-state index contributed by atoms with van der Waals surface area (Å²) in [6.07, 6.45) is 6.15. The van der Waals surface area contributed by atoms with Gasteiger partial charge in [-0.2, -0.15) is 0 Å². The van der Waals surface area contributed by atoms with Crippen molar-refractivity contribution in [2.45, 2.75) is 38.6 Å². The maximum absolute atomic E-state index is 12.2. The topological polar surface area (TPSA) is 84.5 Å². The second-order valence-corrected chi connectivity index (χ2v) is 6.73. The van der Waals surface area contributed by atoms with E-state index >= 15 is 0 Å². The summed E-state index contributed by atoms with van der Waals surface area (Å²) in [5.74, 6) is 0.693. The van der Waals surface area contributed by atoms with Crippen molar-refractivity contribution in [1.29, 1.82) is 0 Å². The number of furan rings is 1. The third-order valence-electron chi connectivity index (χ3n) is 4.67. The molecule has 2 aromatic rings. The van der Waals surface area contributed by atoms with Gasteiger partial charge in [-0.1, -0.05) is 12.5 Å². The first kappa shape index (κ1) is 18.9. The van der Waals surface area contributed by atoms with E-state index in [1.807, 2.05) is 4.90 Å². The van der Waals surface area contributed by atoms with E-state index < -0.39 is 0 Å².